The number of primary amides is 1. The summed E-state index contributed by atoms with van der Waals surface area (Å²) in [5, 5.41) is 11.1. The van der Waals surface area contributed by atoms with Crippen molar-refractivity contribution >= 4 is 17.0 Å². The van der Waals surface area contributed by atoms with Crippen molar-refractivity contribution in [3.05, 3.63) is 35.5 Å². The number of rotatable bonds is 6. The summed E-state index contributed by atoms with van der Waals surface area (Å²) in [7, 11) is 0. The fraction of sp³-hybridized carbons (Fsp3) is 0.640. The van der Waals surface area contributed by atoms with Crippen molar-refractivity contribution in [3.8, 4) is 0 Å². The summed E-state index contributed by atoms with van der Waals surface area (Å²) in [4.78, 5) is 14.0. The van der Waals surface area contributed by atoms with Crippen molar-refractivity contribution in [3.63, 3.8) is 0 Å². The lowest BCUT2D eigenvalue weighted by Crippen LogP contribution is -2.44. The van der Waals surface area contributed by atoms with E-state index in [0.29, 0.717) is 6.04 Å². The topological polar surface area (TPSA) is 80.7 Å². The van der Waals surface area contributed by atoms with Gasteiger partial charge in [0.25, 0.3) is 0 Å². The molecule has 2 heterocycles. The molecule has 0 radical (unpaired) electrons. The van der Waals surface area contributed by atoms with Gasteiger partial charge in [0.15, 0.2) is 0 Å². The maximum absolute atomic E-state index is 11.3. The zero-order valence-corrected chi connectivity index (χ0v) is 18.9. The summed E-state index contributed by atoms with van der Waals surface area (Å²) in [6.45, 7) is 6.93. The highest BCUT2D eigenvalue weighted by Gasteiger charge is 2.32. The third kappa shape index (κ3) is 4.60. The molecule has 1 aromatic carbocycles. The van der Waals surface area contributed by atoms with Gasteiger partial charge in [-0.15, -0.1) is 0 Å². The van der Waals surface area contributed by atoms with Crippen molar-refractivity contribution < 1.29 is 14.6 Å². The molecule has 2 aromatic rings. The maximum atomic E-state index is 11.3. The summed E-state index contributed by atoms with van der Waals surface area (Å²) in [6, 6.07) is 9.21. The molecule has 2 fully saturated rings. The number of likely N-dealkylation sites (tertiary alicyclic amines) is 1. The molecule has 4 rings (SSSR count). The molecule has 0 unspecified atom stereocenters. The number of hydrogen-bond donors (Lipinski definition) is 2. The van der Waals surface area contributed by atoms with Crippen LogP contribution in [0.3, 0.4) is 0 Å². The standard InChI is InChI=1S/C25H37N3O3/c1-17(2)18-7-9-19(10-8-18)27-13-11-20(12-14-27)28-23-6-4-3-5-21(23)22(15-29)24(28)16-31-25(26)30/h3-6,17-20,29H,7-16H2,1-2H3,(H2,26,30)/t18-,19+. The van der Waals surface area contributed by atoms with Gasteiger partial charge in [-0.2, -0.15) is 0 Å². The van der Waals surface area contributed by atoms with E-state index in [1.165, 1.54) is 25.7 Å². The Hall–Kier alpha value is -2.05. The first-order valence-electron chi connectivity index (χ1n) is 11.9. The number of nitrogens with two attached hydrogens (primary N) is 1. The van der Waals surface area contributed by atoms with Gasteiger partial charge >= 0.3 is 6.09 Å². The minimum absolute atomic E-state index is 0.0805. The van der Waals surface area contributed by atoms with E-state index in [0.717, 1.165) is 66.0 Å². The average molecular weight is 428 g/mol. The fourth-order valence-corrected chi connectivity index (χ4v) is 5.92. The number of aliphatic hydroxyl groups is 1. The number of amides is 1. The highest BCUT2D eigenvalue weighted by atomic mass is 16.5. The molecule has 31 heavy (non-hydrogen) atoms. The molecule has 0 atom stereocenters. The fourth-order valence-electron chi connectivity index (χ4n) is 5.92. The van der Waals surface area contributed by atoms with E-state index in [1.807, 2.05) is 18.2 Å². The Morgan fingerprint density at radius 3 is 2.39 bits per heavy atom. The van der Waals surface area contributed by atoms with Crippen molar-refractivity contribution in [1.29, 1.82) is 0 Å². The molecule has 0 bridgehead atoms. The largest absolute Gasteiger partial charge is 0.443 e. The first kappa shape index (κ1) is 22.2. The second-order valence-corrected chi connectivity index (χ2v) is 9.66. The SMILES string of the molecule is CC(C)[C@H]1CC[C@@H](N2CCC(n3c(COC(N)=O)c(CO)c4ccccc43)CC2)CC1. The lowest BCUT2D eigenvalue weighted by molar-refractivity contribution is 0.0874. The van der Waals surface area contributed by atoms with Crippen LogP contribution in [0.5, 0.6) is 0 Å². The average Bonchev–Trinajstić information content (AvgIpc) is 3.11. The normalized spacial score (nSPS) is 23.5. The molecule has 2 aliphatic rings. The van der Waals surface area contributed by atoms with Crippen LogP contribution in [0.2, 0.25) is 0 Å². The predicted octanol–water partition coefficient (Wildman–Crippen LogP) is 4.58. The molecule has 3 N–H and O–H groups in total. The quantitative estimate of drug-likeness (QED) is 0.707. The number of piperidine rings is 1. The number of nitrogens with zero attached hydrogens (tertiary/aromatic N) is 2. The molecule has 170 valence electrons. The van der Waals surface area contributed by atoms with E-state index in [4.69, 9.17) is 10.5 Å². The number of hydrogen-bond acceptors (Lipinski definition) is 4. The van der Waals surface area contributed by atoms with E-state index < -0.39 is 6.09 Å². The van der Waals surface area contributed by atoms with Crippen LogP contribution in [0.25, 0.3) is 10.9 Å². The van der Waals surface area contributed by atoms with E-state index in [1.54, 1.807) is 0 Å². The number of aromatic nitrogens is 1. The first-order valence-corrected chi connectivity index (χ1v) is 11.9. The first-order chi connectivity index (χ1) is 15.0. The number of carbonyl (C=O) groups excluding carboxylic acids is 1. The lowest BCUT2D eigenvalue weighted by Gasteiger charge is -2.42. The Balaban J connectivity index is 1.51. The Morgan fingerprint density at radius 2 is 1.77 bits per heavy atom. The number of carbonyl (C=O) groups is 1. The van der Waals surface area contributed by atoms with Crippen LogP contribution in [0, 0.1) is 11.8 Å². The van der Waals surface area contributed by atoms with Gasteiger partial charge in [0, 0.05) is 41.6 Å². The number of para-hydroxylation sites is 1. The summed E-state index contributed by atoms with van der Waals surface area (Å²) in [6.07, 6.45) is 6.72. The van der Waals surface area contributed by atoms with Crippen molar-refractivity contribution in [2.75, 3.05) is 13.1 Å². The Labute approximate surface area is 185 Å². The molecular weight excluding hydrogens is 390 g/mol. The molecule has 1 aliphatic carbocycles. The monoisotopic (exact) mass is 427 g/mol. The van der Waals surface area contributed by atoms with Crippen LogP contribution < -0.4 is 5.73 Å². The Bertz CT molecular complexity index is 891. The van der Waals surface area contributed by atoms with Gasteiger partial charge in [0.2, 0.25) is 0 Å². The molecule has 1 amide bonds. The Kier molecular flexibility index (Phi) is 6.87. The summed E-state index contributed by atoms with van der Waals surface area (Å²) >= 11 is 0. The minimum Gasteiger partial charge on any atom is -0.443 e. The third-order valence-electron chi connectivity index (χ3n) is 7.70. The highest BCUT2D eigenvalue weighted by molar-refractivity contribution is 5.85. The van der Waals surface area contributed by atoms with Crippen molar-refractivity contribution in [1.82, 2.24) is 9.47 Å². The van der Waals surface area contributed by atoms with E-state index in [2.05, 4.69) is 29.4 Å². The molecule has 1 saturated heterocycles. The molecule has 6 heteroatoms. The van der Waals surface area contributed by atoms with Gasteiger partial charge in [0.05, 0.1) is 12.3 Å². The maximum Gasteiger partial charge on any atom is 0.404 e. The van der Waals surface area contributed by atoms with Gasteiger partial charge < -0.3 is 25.0 Å². The second-order valence-electron chi connectivity index (χ2n) is 9.66. The minimum atomic E-state index is -0.785. The molecular formula is C25H37N3O3. The number of ether oxygens (including phenoxy) is 1. The van der Waals surface area contributed by atoms with Gasteiger partial charge in [-0.3, -0.25) is 0 Å². The highest BCUT2D eigenvalue weighted by Crippen LogP contribution is 2.37. The van der Waals surface area contributed by atoms with Crippen molar-refractivity contribution in [2.24, 2.45) is 17.6 Å². The van der Waals surface area contributed by atoms with Crippen LogP contribution in [-0.2, 0) is 18.0 Å². The van der Waals surface area contributed by atoms with E-state index in [9.17, 15) is 9.90 Å². The van der Waals surface area contributed by atoms with Gasteiger partial charge in [-0.1, -0.05) is 32.0 Å². The van der Waals surface area contributed by atoms with Gasteiger partial charge in [0.1, 0.15) is 6.61 Å². The molecule has 1 aromatic heterocycles. The Morgan fingerprint density at radius 1 is 1.10 bits per heavy atom. The summed E-state index contributed by atoms with van der Waals surface area (Å²) < 4.78 is 7.48. The number of benzene rings is 1. The third-order valence-corrected chi connectivity index (χ3v) is 7.70. The molecule has 0 spiro atoms. The second kappa shape index (κ2) is 9.61. The number of fused-ring (bicyclic) bond motifs is 1. The van der Waals surface area contributed by atoms with Crippen LogP contribution in [0.15, 0.2) is 24.3 Å². The molecule has 1 aliphatic heterocycles. The number of aliphatic hydroxyl groups excluding tert-OH is 1. The van der Waals surface area contributed by atoms with Crippen LogP contribution in [0.4, 0.5) is 4.79 Å². The summed E-state index contributed by atoms with van der Waals surface area (Å²) in [5.41, 5.74) is 8.06. The zero-order valence-electron chi connectivity index (χ0n) is 18.9. The molecule has 6 nitrogen and oxygen atoms in total. The smallest absolute Gasteiger partial charge is 0.404 e. The zero-order chi connectivity index (χ0) is 22.0. The summed E-state index contributed by atoms with van der Waals surface area (Å²) in [5.74, 6) is 1.69. The lowest BCUT2D eigenvalue weighted by atomic mass is 9.79. The predicted molar refractivity (Wildman–Crippen MR) is 123 cm³/mol. The van der Waals surface area contributed by atoms with Crippen LogP contribution >= 0.6 is 0 Å². The van der Waals surface area contributed by atoms with Crippen molar-refractivity contribution in [2.45, 2.75) is 77.7 Å². The van der Waals surface area contributed by atoms with Gasteiger partial charge in [-0.05, 0) is 56.4 Å². The van der Waals surface area contributed by atoms with Crippen LogP contribution in [0.1, 0.15) is 69.7 Å². The van der Waals surface area contributed by atoms with Gasteiger partial charge in [-0.25, -0.2) is 4.79 Å². The van der Waals surface area contributed by atoms with Crippen LogP contribution in [-0.4, -0.2) is 39.8 Å². The van der Waals surface area contributed by atoms with E-state index >= 15 is 0 Å². The van der Waals surface area contributed by atoms with E-state index in [-0.39, 0.29) is 13.2 Å². The molecule has 1 saturated carbocycles.